The fourth-order valence-electron chi connectivity index (χ4n) is 3.57. The third kappa shape index (κ3) is 2.68. The molecule has 1 aliphatic carbocycles. The second-order valence-electron chi connectivity index (χ2n) is 6.29. The summed E-state index contributed by atoms with van der Waals surface area (Å²) in [6.07, 6.45) is 2.23. The van der Waals surface area contributed by atoms with E-state index in [0.717, 1.165) is 16.6 Å². The molecule has 0 N–H and O–H groups in total. The van der Waals surface area contributed by atoms with Crippen LogP contribution in [0.3, 0.4) is 0 Å². The highest BCUT2D eigenvalue weighted by molar-refractivity contribution is 5.89. The van der Waals surface area contributed by atoms with E-state index >= 15 is 0 Å². The van der Waals surface area contributed by atoms with Gasteiger partial charge >= 0.3 is 5.97 Å². The second kappa shape index (κ2) is 6.45. The zero-order valence-electron chi connectivity index (χ0n) is 14.3. The number of aromatic nitrogens is 1. The quantitative estimate of drug-likeness (QED) is 0.804. The van der Waals surface area contributed by atoms with E-state index < -0.39 is 5.41 Å². The van der Waals surface area contributed by atoms with Gasteiger partial charge in [-0.25, -0.2) is 4.79 Å². The Balaban J connectivity index is 2.11. The Hall–Kier alpha value is -3.05. The lowest BCUT2D eigenvalue weighted by atomic mass is 9.67. The highest BCUT2D eigenvalue weighted by Gasteiger charge is 2.45. The summed E-state index contributed by atoms with van der Waals surface area (Å²) in [5.41, 5.74) is 1.28. The van der Waals surface area contributed by atoms with Gasteiger partial charge in [0.25, 0.3) is 0 Å². The number of hydrogen-bond donors (Lipinski definition) is 0. The molecule has 1 aromatic carbocycles. The number of para-hydroxylation sites is 1. The summed E-state index contributed by atoms with van der Waals surface area (Å²) in [6.45, 7) is 2.06. The highest BCUT2D eigenvalue weighted by atomic mass is 16.5. The first-order valence-corrected chi connectivity index (χ1v) is 8.29. The molecule has 0 saturated heterocycles. The lowest BCUT2D eigenvalue weighted by molar-refractivity contribution is -0.138. The zero-order valence-corrected chi connectivity index (χ0v) is 14.3. The molecule has 1 aromatic heterocycles. The van der Waals surface area contributed by atoms with Crippen LogP contribution in [0.25, 0.3) is 10.9 Å². The van der Waals surface area contributed by atoms with Crippen LogP contribution in [0.15, 0.2) is 42.0 Å². The monoisotopic (exact) mass is 333 g/mol. The molecule has 0 amide bonds. The number of carbonyl (C=O) groups excluding carboxylic acids is 1. The van der Waals surface area contributed by atoms with Crippen LogP contribution in [0.5, 0.6) is 0 Å². The van der Waals surface area contributed by atoms with Crippen LogP contribution >= 0.6 is 0 Å². The first-order valence-electron chi connectivity index (χ1n) is 8.29. The molecule has 0 bridgehead atoms. The number of carbonyl (C=O) groups is 1. The topological polar surface area (TPSA) is 78.8 Å². The van der Waals surface area contributed by atoms with Crippen LogP contribution in [0.1, 0.15) is 31.4 Å². The number of hydrogen-bond acceptors (Lipinski definition) is 4. The fourth-order valence-corrected chi connectivity index (χ4v) is 3.57. The Morgan fingerprint density at radius 1 is 1.36 bits per heavy atom. The summed E-state index contributed by atoms with van der Waals surface area (Å²) >= 11 is 0. The van der Waals surface area contributed by atoms with Gasteiger partial charge in [0, 0.05) is 29.7 Å². The van der Waals surface area contributed by atoms with E-state index in [4.69, 9.17) is 4.74 Å². The number of fused-ring (bicyclic) bond motifs is 1. The van der Waals surface area contributed by atoms with Crippen molar-refractivity contribution in [3.05, 3.63) is 47.7 Å². The molecule has 5 heteroatoms. The number of allylic oxidation sites excluding steroid dienone is 1. The fraction of sp³-hybridized carbons (Fsp3) is 0.350. The van der Waals surface area contributed by atoms with Crippen molar-refractivity contribution in [3.8, 4) is 12.1 Å². The van der Waals surface area contributed by atoms with Crippen LogP contribution in [0.4, 0.5) is 0 Å². The molecule has 1 atom stereocenters. The summed E-state index contributed by atoms with van der Waals surface area (Å²) in [5.74, 6) is -0.750. The van der Waals surface area contributed by atoms with E-state index in [1.807, 2.05) is 41.9 Å². The molecule has 0 aliphatic heterocycles. The number of nitrogens with zero attached hydrogens (tertiary/aromatic N) is 3. The van der Waals surface area contributed by atoms with Crippen LogP contribution in [-0.2, 0) is 16.6 Å². The third-order valence-electron chi connectivity index (χ3n) is 4.97. The maximum atomic E-state index is 12.2. The van der Waals surface area contributed by atoms with E-state index in [2.05, 4.69) is 12.1 Å². The van der Waals surface area contributed by atoms with Gasteiger partial charge in [0.05, 0.1) is 18.7 Å². The number of ether oxygens (including phenoxy) is 1. The van der Waals surface area contributed by atoms with Crippen molar-refractivity contribution in [2.45, 2.75) is 25.7 Å². The first-order chi connectivity index (χ1) is 12.1. The Morgan fingerprint density at radius 3 is 2.72 bits per heavy atom. The van der Waals surface area contributed by atoms with Gasteiger partial charge in [-0.3, -0.25) is 0 Å². The number of rotatable bonds is 3. The molecular formula is C20H19N3O2. The van der Waals surface area contributed by atoms with Gasteiger partial charge in [0.15, 0.2) is 5.41 Å². The predicted octanol–water partition coefficient (Wildman–Crippen LogP) is 3.58. The van der Waals surface area contributed by atoms with Gasteiger partial charge in [0.2, 0.25) is 0 Å². The second-order valence-corrected chi connectivity index (χ2v) is 6.29. The zero-order chi connectivity index (χ0) is 18.0. The van der Waals surface area contributed by atoms with E-state index in [-0.39, 0.29) is 18.3 Å². The maximum Gasteiger partial charge on any atom is 0.333 e. The van der Waals surface area contributed by atoms with E-state index in [9.17, 15) is 15.3 Å². The number of benzene rings is 1. The molecule has 5 nitrogen and oxygen atoms in total. The van der Waals surface area contributed by atoms with E-state index in [1.54, 1.807) is 13.0 Å². The molecule has 1 unspecified atom stereocenters. The minimum atomic E-state index is -1.18. The van der Waals surface area contributed by atoms with Crippen molar-refractivity contribution in [2.24, 2.45) is 12.5 Å². The molecule has 0 spiro atoms. The van der Waals surface area contributed by atoms with Crippen molar-refractivity contribution < 1.29 is 9.53 Å². The highest BCUT2D eigenvalue weighted by Crippen LogP contribution is 2.47. The van der Waals surface area contributed by atoms with Crippen molar-refractivity contribution in [2.75, 3.05) is 6.61 Å². The van der Waals surface area contributed by atoms with Gasteiger partial charge in [-0.05, 0) is 37.3 Å². The Bertz CT molecular complexity index is 926. The standard InChI is InChI=1S/C20H19N3O2/c1-3-25-19(24)15-8-9-20(12-21,13-22)16(10-15)18-11-14-6-4-5-7-17(14)23(18)2/h4-8,11,16H,3,9-10H2,1-2H3. The Labute approximate surface area is 146 Å². The van der Waals surface area contributed by atoms with E-state index in [0.29, 0.717) is 18.6 Å². The summed E-state index contributed by atoms with van der Waals surface area (Å²) in [4.78, 5) is 12.2. The summed E-state index contributed by atoms with van der Waals surface area (Å²) in [6, 6.07) is 14.3. The largest absolute Gasteiger partial charge is 0.463 e. The van der Waals surface area contributed by atoms with Crippen LogP contribution in [-0.4, -0.2) is 17.1 Å². The molecule has 2 aromatic rings. The average molecular weight is 333 g/mol. The normalized spacial score (nSPS) is 18.9. The van der Waals surface area contributed by atoms with Crippen LogP contribution in [0.2, 0.25) is 0 Å². The van der Waals surface area contributed by atoms with Crippen molar-refractivity contribution in [1.29, 1.82) is 10.5 Å². The molecule has 0 radical (unpaired) electrons. The lowest BCUT2D eigenvalue weighted by Crippen LogP contribution is -2.31. The molecule has 0 saturated carbocycles. The molecule has 3 rings (SSSR count). The minimum Gasteiger partial charge on any atom is -0.463 e. The van der Waals surface area contributed by atoms with Gasteiger partial charge in [-0.15, -0.1) is 0 Å². The van der Waals surface area contributed by atoms with Gasteiger partial charge in [0.1, 0.15) is 0 Å². The molecule has 1 heterocycles. The Kier molecular flexibility index (Phi) is 4.33. The van der Waals surface area contributed by atoms with Crippen molar-refractivity contribution in [1.82, 2.24) is 4.57 Å². The molecule has 25 heavy (non-hydrogen) atoms. The maximum absolute atomic E-state index is 12.2. The number of nitriles is 2. The van der Waals surface area contributed by atoms with Crippen LogP contribution < -0.4 is 0 Å². The third-order valence-corrected chi connectivity index (χ3v) is 4.97. The lowest BCUT2D eigenvalue weighted by Gasteiger charge is -2.33. The van der Waals surface area contributed by atoms with Gasteiger partial charge in [-0.1, -0.05) is 24.3 Å². The van der Waals surface area contributed by atoms with Gasteiger partial charge < -0.3 is 9.30 Å². The molecule has 0 fully saturated rings. The predicted molar refractivity (Wildman–Crippen MR) is 93.3 cm³/mol. The molecule has 126 valence electrons. The average Bonchev–Trinajstić information content (AvgIpc) is 2.98. The molecular weight excluding hydrogens is 314 g/mol. The van der Waals surface area contributed by atoms with E-state index in [1.165, 1.54) is 0 Å². The summed E-state index contributed by atoms with van der Waals surface area (Å²) < 4.78 is 7.12. The summed E-state index contributed by atoms with van der Waals surface area (Å²) in [7, 11) is 1.93. The van der Waals surface area contributed by atoms with Crippen molar-refractivity contribution >= 4 is 16.9 Å². The van der Waals surface area contributed by atoms with Crippen molar-refractivity contribution in [3.63, 3.8) is 0 Å². The smallest absolute Gasteiger partial charge is 0.333 e. The van der Waals surface area contributed by atoms with Crippen LogP contribution in [0, 0.1) is 28.1 Å². The first kappa shape index (κ1) is 16.8. The summed E-state index contributed by atoms with van der Waals surface area (Å²) in [5, 5.41) is 20.5. The number of aryl methyl sites for hydroxylation is 1. The Morgan fingerprint density at radius 2 is 2.08 bits per heavy atom. The SMILES string of the molecule is CCOC(=O)C1=CCC(C#N)(C#N)C(c2cc3ccccc3n2C)C1. The minimum absolute atomic E-state index is 0.223. The molecule has 1 aliphatic rings. The van der Waals surface area contributed by atoms with Gasteiger partial charge in [-0.2, -0.15) is 10.5 Å². The number of esters is 1.